The molecule has 15 heavy (non-hydrogen) atoms. The number of aliphatic hydroxyl groups excluding tert-OH is 1. The standard InChI is InChI=1S/C11H24N2O2/c1-3-15-11-4-6-13(7-5-11)9-10(14)8-12-2/h10-12,14H,3-9H2,1-2H3. The molecule has 1 saturated heterocycles. The van der Waals surface area contributed by atoms with Gasteiger partial charge in [0.15, 0.2) is 0 Å². The largest absolute Gasteiger partial charge is 0.390 e. The van der Waals surface area contributed by atoms with E-state index >= 15 is 0 Å². The van der Waals surface area contributed by atoms with Crippen LogP contribution in [0.4, 0.5) is 0 Å². The van der Waals surface area contributed by atoms with Gasteiger partial charge in [-0.25, -0.2) is 0 Å². The van der Waals surface area contributed by atoms with Gasteiger partial charge >= 0.3 is 0 Å². The van der Waals surface area contributed by atoms with Crippen LogP contribution in [0.1, 0.15) is 19.8 Å². The summed E-state index contributed by atoms with van der Waals surface area (Å²) in [5.74, 6) is 0. The van der Waals surface area contributed by atoms with Crippen molar-refractivity contribution in [1.29, 1.82) is 0 Å². The highest BCUT2D eigenvalue weighted by Crippen LogP contribution is 2.13. The molecule has 0 spiro atoms. The van der Waals surface area contributed by atoms with Crippen LogP contribution in [0.15, 0.2) is 0 Å². The Morgan fingerprint density at radius 3 is 2.67 bits per heavy atom. The number of likely N-dealkylation sites (tertiary alicyclic amines) is 1. The average Bonchev–Trinajstić information content (AvgIpc) is 2.22. The van der Waals surface area contributed by atoms with Crippen molar-refractivity contribution < 1.29 is 9.84 Å². The molecule has 0 aliphatic carbocycles. The first-order valence-corrected chi connectivity index (χ1v) is 5.92. The number of ether oxygens (including phenoxy) is 1. The number of hydrogen-bond acceptors (Lipinski definition) is 4. The Hall–Kier alpha value is -0.160. The van der Waals surface area contributed by atoms with Gasteiger partial charge in [-0.15, -0.1) is 0 Å². The third-order valence-corrected chi connectivity index (χ3v) is 2.85. The van der Waals surface area contributed by atoms with Crippen molar-refractivity contribution in [3.8, 4) is 0 Å². The summed E-state index contributed by atoms with van der Waals surface area (Å²) < 4.78 is 5.58. The van der Waals surface area contributed by atoms with E-state index in [1.165, 1.54) is 0 Å². The highest BCUT2D eigenvalue weighted by molar-refractivity contribution is 4.75. The lowest BCUT2D eigenvalue weighted by Gasteiger charge is -2.32. The number of aliphatic hydroxyl groups is 1. The molecule has 0 saturated carbocycles. The molecule has 0 bridgehead atoms. The van der Waals surface area contributed by atoms with Gasteiger partial charge in [0, 0.05) is 32.8 Å². The maximum absolute atomic E-state index is 9.64. The molecule has 1 aliphatic rings. The van der Waals surface area contributed by atoms with Crippen molar-refractivity contribution in [2.75, 3.05) is 39.8 Å². The van der Waals surface area contributed by atoms with Crippen LogP contribution in [0.3, 0.4) is 0 Å². The average molecular weight is 216 g/mol. The van der Waals surface area contributed by atoms with Crippen LogP contribution < -0.4 is 5.32 Å². The summed E-state index contributed by atoms with van der Waals surface area (Å²) in [4.78, 5) is 2.32. The molecule has 1 atom stereocenters. The zero-order chi connectivity index (χ0) is 11.1. The van der Waals surface area contributed by atoms with Crippen molar-refractivity contribution in [2.45, 2.75) is 32.0 Å². The highest BCUT2D eigenvalue weighted by atomic mass is 16.5. The van der Waals surface area contributed by atoms with Crippen LogP contribution in [-0.2, 0) is 4.74 Å². The van der Waals surface area contributed by atoms with Gasteiger partial charge in [0.1, 0.15) is 0 Å². The Labute approximate surface area is 92.6 Å². The minimum Gasteiger partial charge on any atom is -0.390 e. The van der Waals surface area contributed by atoms with Gasteiger partial charge in [0.25, 0.3) is 0 Å². The lowest BCUT2D eigenvalue weighted by molar-refractivity contribution is 0.00380. The van der Waals surface area contributed by atoms with Crippen LogP contribution in [0.2, 0.25) is 0 Å². The van der Waals surface area contributed by atoms with E-state index in [0.717, 1.165) is 39.1 Å². The van der Waals surface area contributed by atoms with E-state index in [-0.39, 0.29) is 6.10 Å². The van der Waals surface area contributed by atoms with E-state index in [2.05, 4.69) is 10.2 Å². The van der Waals surface area contributed by atoms with E-state index < -0.39 is 0 Å². The fourth-order valence-corrected chi connectivity index (χ4v) is 2.09. The first-order chi connectivity index (χ1) is 7.26. The predicted octanol–water partition coefficient (Wildman–Crippen LogP) is 0.0676. The molecule has 0 aromatic rings. The van der Waals surface area contributed by atoms with Gasteiger partial charge in [0.05, 0.1) is 12.2 Å². The minimum atomic E-state index is -0.251. The topological polar surface area (TPSA) is 44.7 Å². The van der Waals surface area contributed by atoms with Crippen LogP contribution in [0, 0.1) is 0 Å². The predicted molar refractivity (Wildman–Crippen MR) is 61.0 cm³/mol. The maximum Gasteiger partial charge on any atom is 0.0791 e. The Kier molecular flexibility index (Phi) is 6.17. The molecule has 2 N–H and O–H groups in total. The summed E-state index contributed by atoms with van der Waals surface area (Å²) in [5, 5.41) is 12.6. The molecule has 0 amide bonds. The second-order valence-electron chi connectivity index (χ2n) is 4.17. The number of nitrogens with zero attached hydrogens (tertiary/aromatic N) is 1. The minimum absolute atomic E-state index is 0.251. The number of hydrogen-bond donors (Lipinski definition) is 2. The zero-order valence-electron chi connectivity index (χ0n) is 9.91. The van der Waals surface area contributed by atoms with Crippen molar-refractivity contribution in [3.63, 3.8) is 0 Å². The Balaban J connectivity index is 2.14. The highest BCUT2D eigenvalue weighted by Gasteiger charge is 2.20. The molecule has 90 valence electrons. The van der Waals surface area contributed by atoms with Crippen molar-refractivity contribution in [1.82, 2.24) is 10.2 Å². The normalized spacial score (nSPS) is 21.8. The quantitative estimate of drug-likeness (QED) is 0.659. The van der Waals surface area contributed by atoms with Gasteiger partial charge in [-0.1, -0.05) is 0 Å². The molecular weight excluding hydrogens is 192 g/mol. The zero-order valence-corrected chi connectivity index (χ0v) is 9.91. The number of rotatable bonds is 6. The number of likely N-dealkylation sites (N-methyl/N-ethyl adjacent to an activating group) is 1. The summed E-state index contributed by atoms with van der Waals surface area (Å²) >= 11 is 0. The van der Waals surface area contributed by atoms with E-state index in [4.69, 9.17) is 4.74 Å². The van der Waals surface area contributed by atoms with Gasteiger partial charge < -0.3 is 20.1 Å². The molecule has 1 rings (SSSR count). The van der Waals surface area contributed by atoms with E-state index in [0.29, 0.717) is 12.6 Å². The molecule has 0 aromatic heterocycles. The van der Waals surface area contributed by atoms with Crippen LogP contribution in [0.25, 0.3) is 0 Å². The summed E-state index contributed by atoms with van der Waals surface area (Å²) in [6.45, 7) is 6.40. The van der Waals surface area contributed by atoms with Gasteiger partial charge in [0.2, 0.25) is 0 Å². The Morgan fingerprint density at radius 2 is 2.13 bits per heavy atom. The van der Waals surface area contributed by atoms with Gasteiger partial charge in [-0.05, 0) is 26.8 Å². The third-order valence-electron chi connectivity index (χ3n) is 2.85. The summed E-state index contributed by atoms with van der Waals surface area (Å²) in [7, 11) is 1.87. The van der Waals surface area contributed by atoms with Gasteiger partial charge in [-0.3, -0.25) is 0 Å². The first-order valence-electron chi connectivity index (χ1n) is 5.92. The first kappa shape index (κ1) is 12.9. The lowest BCUT2D eigenvalue weighted by Crippen LogP contribution is -2.43. The summed E-state index contributed by atoms with van der Waals surface area (Å²) in [5.41, 5.74) is 0. The van der Waals surface area contributed by atoms with Crippen molar-refractivity contribution >= 4 is 0 Å². The second kappa shape index (κ2) is 7.17. The van der Waals surface area contributed by atoms with E-state index in [1.54, 1.807) is 0 Å². The maximum atomic E-state index is 9.64. The molecule has 1 aliphatic heterocycles. The molecule has 0 radical (unpaired) electrons. The second-order valence-corrected chi connectivity index (χ2v) is 4.17. The van der Waals surface area contributed by atoms with Crippen LogP contribution in [-0.4, -0.2) is 62.0 Å². The molecule has 0 aromatic carbocycles. The molecule has 4 nitrogen and oxygen atoms in total. The van der Waals surface area contributed by atoms with Crippen molar-refractivity contribution in [3.05, 3.63) is 0 Å². The fourth-order valence-electron chi connectivity index (χ4n) is 2.09. The monoisotopic (exact) mass is 216 g/mol. The lowest BCUT2D eigenvalue weighted by atomic mass is 10.1. The summed E-state index contributed by atoms with van der Waals surface area (Å²) in [6, 6.07) is 0. The SMILES string of the molecule is CCOC1CCN(CC(O)CNC)CC1. The van der Waals surface area contributed by atoms with Gasteiger partial charge in [-0.2, -0.15) is 0 Å². The van der Waals surface area contributed by atoms with Crippen LogP contribution in [0.5, 0.6) is 0 Å². The molecule has 1 unspecified atom stereocenters. The van der Waals surface area contributed by atoms with E-state index in [9.17, 15) is 5.11 Å². The molecular formula is C11H24N2O2. The Bertz CT molecular complexity index is 159. The number of piperidine rings is 1. The van der Waals surface area contributed by atoms with Crippen molar-refractivity contribution in [2.24, 2.45) is 0 Å². The Morgan fingerprint density at radius 1 is 1.47 bits per heavy atom. The molecule has 1 heterocycles. The fraction of sp³-hybridized carbons (Fsp3) is 1.00. The molecule has 4 heteroatoms. The summed E-state index contributed by atoms with van der Waals surface area (Å²) in [6.07, 6.45) is 2.38. The molecule has 1 fully saturated rings. The smallest absolute Gasteiger partial charge is 0.0791 e. The number of nitrogens with one attached hydrogen (secondary N) is 1. The third kappa shape index (κ3) is 4.93. The number of β-amino-alcohol motifs (C(OH)–C–C–N with tert-alkyl or cyclic N) is 1. The van der Waals surface area contributed by atoms with E-state index in [1.807, 2.05) is 14.0 Å². The van der Waals surface area contributed by atoms with Crippen LogP contribution >= 0.6 is 0 Å².